The Bertz CT molecular complexity index is 271. The molecule has 0 saturated heterocycles. The second-order valence-electron chi connectivity index (χ2n) is 2.80. The number of aliphatic hydroxyl groups is 1. The van der Waals surface area contributed by atoms with E-state index in [2.05, 4.69) is 10.3 Å². The molecule has 1 aromatic heterocycles. The van der Waals surface area contributed by atoms with Gasteiger partial charge in [-0.2, -0.15) is 0 Å². The Kier molecular flexibility index (Phi) is 2.65. The maximum atomic E-state index is 9.31. The number of aromatic nitrogens is 1. The number of aliphatic hydroxyl groups excluding tert-OH is 1. The van der Waals surface area contributed by atoms with Gasteiger partial charge >= 0.3 is 0 Å². The molecule has 0 amide bonds. The third-order valence-electron chi connectivity index (χ3n) is 1.83. The molecule has 0 radical (unpaired) electrons. The van der Waals surface area contributed by atoms with E-state index in [0.29, 0.717) is 0 Å². The van der Waals surface area contributed by atoms with Gasteiger partial charge in [0.15, 0.2) is 0 Å². The van der Waals surface area contributed by atoms with Gasteiger partial charge in [-0.15, -0.1) is 0 Å². The van der Waals surface area contributed by atoms with Crippen LogP contribution in [0.1, 0.15) is 24.3 Å². The molecule has 0 fully saturated rings. The minimum atomic E-state index is -0.441. The summed E-state index contributed by atoms with van der Waals surface area (Å²) in [5.41, 5.74) is 1.76. The summed E-state index contributed by atoms with van der Waals surface area (Å²) in [7, 11) is 1.82. The topological polar surface area (TPSA) is 45.1 Å². The second kappa shape index (κ2) is 3.54. The minimum absolute atomic E-state index is 0.441. The Morgan fingerprint density at radius 2 is 2.17 bits per heavy atom. The number of hydrogen-bond acceptors (Lipinski definition) is 3. The Hall–Kier alpha value is -1.09. The quantitative estimate of drug-likeness (QED) is 0.699. The minimum Gasteiger partial charge on any atom is -0.389 e. The van der Waals surface area contributed by atoms with Gasteiger partial charge in [0.05, 0.1) is 6.10 Å². The van der Waals surface area contributed by atoms with Crippen molar-refractivity contribution in [3.8, 4) is 0 Å². The van der Waals surface area contributed by atoms with Crippen molar-refractivity contribution < 1.29 is 5.11 Å². The van der Waals surface area contributed by atoms with Crippen molar-refractivity contribution in [2.45, 2.75) is 20.0 Å². The van der Waals surface area contributed by atoms with E-state index >= 15 is 0 Å². The highest BCUT2D eigenvalue weighted by molar-refractivity contribution is 5.38. The molecule has 0 spiro atoms. The Balaban J connectivity index is 3.03. The van der Waals surface area contributed by atoms with Gasteiger partial charge in [0.1, 0.15) is 5.82 Å². The van der Waals surface area contributed by atoms with Gasteiger partial charge in [0.25, 0.3) is 0 Å². The lowest BCUT2D eigenvalue weighted by Gasteiger charge is -2.09. The van der Waals surface area contributed by atoms with Crippen LogP contribution in [0.15, 0.2) is 12.1 Å². The van der Waals surface area contributed by atoms with E-state index in [1.54, 1.807) is 6.92 Å². The Morgan fingerprint density at radius 3 is 2.58 bits per heavy atom. The van der Waals surface area contributed by atoms with Crippen LogP contribution in [0.25, 0.3) is 0 Å². The molecule has 0 aliphatic carbocycles. The van der Waals surface area contributed by atoms with E-state index < -0.39 is 6.10 Å². The molecule has 12 heavy (non-hydrogen) atoms. The molecule has 3 nitrogen and oxygen atoms in total. The van der Waals surface area contributed by atoms with Crippen molar-refractivity contribution in [1.29, 1.82) is 0 Å². The van der Waals surface area contributed by atoms with Gasteiger partial charge < -0.3 is 10.4 Å². The summed E-state index contributed by atoms with van der Waals surface area (Å²) in [5.74, 6) is 0.830. The van der Waals surface area contributed by atoms with Crippen LogP contribution in [0.4, 0.5) is 5.82 Å². The first-order valence-electron chi connectivity index (χ1n) is 3.98. The molecule has 0 bridgehead atoms. The van der Waals surface area contributed by atoms with Crippen molar-refractivity contribution in [3.63, 3.8) is 0 Å². The first kappa shape index (κ1) is 9.00. The van der Waals surface area contributed by atoms with Gasteiger partial charge in [-0.1, -0.05) is 6.07 Å². The number of hydrogen-bond donors (Lipinski definition) is 2. The molecule has 1 aromatic rings. The predicted octanol–water partition coefficient (Wildman–Crippen LogP) is 1.49. The lowest BCUT2D eigenvalue weighted by molar-refractivity contribution is 0.198. The molecule has 0 aliphatic rings. The standard InChI is InChI=1S/C9H14N2O/c1-6-8(7(2)12)4-5-9(10-3)11-6/h4-5,7,12H,1-3H3,(H,10,11). The van der Waals surface area contributed by atoms with Crippen LogP contribution in [0, 0.1) is 6.92 Å². The molecule has 0 aliphatic heterocycles. The molecular weight excluding hydrogens is 152 g/mol. The molecule has 1 heterocycles. The average molecular weight is 166 g/mol. The smallest absolute Gasteiger partial charge is 0.125 e. The van der Waals surface area contributed by atoms with E-state index in [-0.39, 0.29) is 0 Å². The molecule has 3 heteroatoms. The summed E-state index contributed by atoms with van der Waals surface area (Å²) in [5, 5.41) is 12.2. The number of rotatable bonds is 2. The van der Waals surface area contributed by atoms with Gasteiger partial charge in [-0.3, -0.25) is 0 Å². The van der Waals surface area contributed by atoms with Gasteiger partial charge in [0.2, 0.25) is 0 Å². The maximum absolute atomic E-state index is 9.31. The van der Waals surface area contributed by atoms with Crippen LogP contribution in [0.3, 0.4) is 0 Å². The normalized spacial score (nSPS) is 12.7. The molecule has 0 aromatic carbocycles. The second-order valence-corrected chi connectivity index (χ2v) is 2.80. The van der Waals surface area contributed by atoms with Gasteiger partial charge in [0, 0.05) is 18.3 Å². The molecule has 0 saturated carbocycles. The third kappa shape index (κ3) is 1.74. The van der Waals surface area contributed by atoms with E-state index in [9.17, 15) is 5.11 Å². The molecule has 1 atom stereocenters. The lowest BCUT2D eigenvalue weighted by Crippen LogP contribution is -2.00. The van der Waals surface area contributed by atoms with Crippen LogP contribution in [-0.2, 0) is 0 Å². The highest BCUT2D eigenvalue weighted by Crippen LogP contribution is 2.16. The predicted molar refractivity (Wildman–Crippen MR) is 49.2 cm³/mol. The van der Waals surface area contributed by atoms with Crippen LogP contribution in [0.5, 0.6) is 0 Å². The summed E-state index contributed by atoms with van der Waals surface area (Å²) in [6.45, 7) is 3.63. The largest absolute Gasteiger partial charge is 0.389 e. The third-order valence-corrected chi connectivity index (χ3v) is 1.83. The van der Waals surface area contributed by atoms with Crippen LogP contribution < -0.4 is 5.32 Å². The summed E-state index contributed by atoms with van der Waals surface area (Å²) in [4.78, 5) is 4.24. The van der Waals surface area contributed by atoms with Crippen LogP contribution in [-0.4, -0.2) is 17.1 Å². The van der Waals surface area contributed by atoms with E-state index in [1.165, 1.54) is 0 Å². The summed E-state index contributed by atoms with van der Waals surface area (Å²) >= 11 is 0. The zero-order chi connectivity index (χ0) is 9.14. The van der Waals surface area contributed by atoms with Crippen LogP contribution in [0.2, 0.25) is 0 Å². The highest BCUT2D eigenvalue weighted by Gasteiger charge is 2.05. The maximum Gasteiger partial charge on any atom is 0.125 e. The van der Waals surface area contributed by atoms with Crippen molar-refractivity contribution in [2.75, 3.05) is 12.4 Å². The molecule has 66 valence electrons. The number of aryl methyl sites for hydroxylation is 1. The zero-order valence-corrected chi connectivity index (χ0v) is 7.63. The molecule has 1 rings (SSSR count). The summed E-state index contributed by atoms with van der Waals surface area (Å²) in [6, 6.07) is 3.74. The fourth-order valence-corrected chi connectivity index (χ4v) is 1.15. The zero-order valence-electron chi connectivity index (χ0n) is 7.63. The number of nitrogens with zero attached hydrogens (tertiary/aromatic N) is 1. The Labute approximate surface area is 72.5 Å². The SMILES string of the molecule is CNc1ccc(C(C)O)c(C)n1. The average Bonchev–Trinajstić information content (AvgIpc) is 2.03. The fourth-order valence-electron chi connectivity index (χ4n) is 1.15. The monoisotopic (exact) mass is 166 g/mol. The van der Waals surface area contributed by atoms with Gasteiger partial charge in [-0.25, -0.2) is 4.98 Å². The lowest BCUT2D eigenvalue weighted by atomic mass is 10.1. The summed E-state index contributed by atoms with van der Waals surface area (Å²) < 4.78 is 0. The highest BCUT2D eigenvalue weighted by atomic mass is 16.3. The van der Waals surface area contributed by atoms with Crippen molar-refractivity contribution >= 4 is 5.82 Å². The molecular formula is C9H14N2O. The van der Waals surface area contributed by atoms with Gasteiger partial charge in [-0.05, 0) is 19.9 Å². The van der Waals surface area contributed by atoms with E-state index in [4.69, 9.17) is 0 Å². The first-order valence-corrected chi connectivity index (χ1v) is 3.98. The number of anilines is 1. The van der Waals surface area contributed by atoms with Crippen LogP contribution >= 0.6 is 0 Å². The van der Waals surface area contributed by atoms with Crippen molar-refractivity contribution in [2.24, 2.45) is 0 Å². The Morgan fingerprint density at radius 1 is 1.50 bits per heavy atom. The number of pyridine rings is 1. The fraction of sp³-hybridized carbons (Fsp3) is 0.444. The van der Waals surface area contributed by atoms with E-state index in [0.717, 1.165) is 17.1 Å². The van der Waals surface area contributed by atoms with Crippen molar-refractivity contribution in [3.05, 3.63) is 23.4 Å². The van der Waals surface area contributed by atoms with Crippen molar-refractivity contribution in [1.82, 2.24) is 4.98 Å². The summed E-state index contributed by atoms with van der Waals surface area (Å²) in [6.07, 6.45) is -0.441. The number of nitrogens with one attached hydrogen (secondary N) is 1. The van der Waals surface area contributed by atoms with E-state index in [1.807, 2.05) is 26.1 Å². The first-order chi connectivity index (χ1) is 5.65. The molecule has 2 N–H and O–H groups in total. The molecule has 1 unspecified atom stereocenters.